The monoisotopic (exact) mass is 425 g/mol. The van der Waals surface area contributed by atoms with Crippen molar-refractivity contribution >= 4 is 17.9 Å². The third kappa shape index (κ3) is 7.51. The van der Waals surface area contributed by atoms with Crippen molar-refractivity contribution in [3.8, 4) is 0 Å². The van der Waals surface area contributed by atoms with E-state index in [9.17, 15) is 9.59 Å². The van der Waals surface area contributed by atoms with Crippen LogP contribution >= 0.6 is 0 Å². The number of nitrogens with zero attached hydrogens (tertiary/aromatic N) is 1. The Kier molecular flexibility index (Phi) is 7.39. The average molecular weight is 426 g/mol. The first-order chi connectivity index (χ1) is 14.8. The van der Waals surface area contributed by atoms with E-state index < -0.39 is 11.7 Å². The summed E-state index contributed by atoms with van der Waals surface area (Å²) in [7, 11) is 0. The second-order valence-corrected chi connectivity index (χ2v) is 8.67. The predicted octanol–water partition coefficient (Wildman–Crippen LogP) is 4.53. The van der Waals surface area contributed by atoms with Gasteiger partial charge in [-0.15, -0.1) is 0 Å². The second kappa shape index (κ2) is 10.2. The molecule has 166 valence electrons. The van der Waals surface area contributed by atoms with E-state index >= 15 is 0 Å². The molecule has 1 saturated heterocycles. The number of amides is 2. The van der Waals surface area contributed by atoms with Crippen LogP contribution in [0, 0.1) is 0 Å². The van der Waals surface area contributed by atoms with Crippen LogP contribution in [0.4, 0.5) is 15.3 Å². The number of nitrogens with one attached hydrogen (secondary N) is 2. The third-order valence-corrected chi connectivity index (χ3v) is 4.81. The number of hydrogen-bond acceptors (Lipinski definition) is 5. The molecule has 1 aliphatic rings. The molecule has 1 atom stereocenters. The Morgan fingerprint density at radius 3 is 2.42 bits per heavy atom. The average Bonchev–Trinajstić information content (AvgIpc) is 3.20. The van der Waals surface area contributed by atoms with Gasteiger partial charge in [0.05, 0.1) is 0 Å². The van der Waals surface area contributed by atoms with Crippen molar-refractivity contribution in [2.24, 2.45) is 0 Å². The summed E-state index contributed by atoms with van der Waals surface area (Å²) in [5.41, 5.74) is 2.42. The molecule has 1 aliphatic heterocycles. The van der Waals surface area contributed by atoms with Crippen molar-refractivity contribution in [1.82, 2.24) is 10.2 Å². The SMILES string of the molecule is CC(C)(C)OC(=O)NCc1ccc(NC2CCN(C(=O)OCc3ccccc3)C2)cc1. The molecule has 7 nitrogen and oxygen atoms in total. The van der Waals surface area contributed by atoms with Gasteiger partial charge in [-0.25, -0.2) is 9.59 Å². The largest absolute Gasteiger partial charge is 0.445 e. The van der Waals surface area contributed by atoms with Gasteiger partial charge in [0.1, 0.15) is 12.2 Å². The standard InChI is InChI=1S/C24H31N3O4/c1-24(2,3)31-22(28)25-15-18-9-11-20(12-10-18)26-21-13-14-27(16-21)23(29)30-17-19-7-5-4-6-8-19/h4-12,21,26H,13-17H2,1-3H3,(H,25,28). The minimum Gasteiger partial charge on any atom is -0.445 e. The number of hydrogen-bond donors (Lipinski definition) is 2. The zero-order valence-electron chi connectivity index (χ0n) is 18.4. The number of benzene rings is 2. The van der Waals surface area contributed by atoms with E-state index in [4.69, 9.17) is 9.47 Å². The summed E-state index contributed by atoms with van der Waals surface area (Å²) in [6.45, 7) is 7.46. The van der Waals surface area contributed by atoms with Crippen molar-refractivity contribution in [2.45, 2.75) is 52.0 Å². The predicted molar refractivity (Wildman–Crippen MR) is 120 cm³/mol. The highest BCUT2D eigenvalue weighted by Crippen LogP contribution is 2.18. The van der Waals surface area contributed by atoms with Crippen LogP contribution in [0.1, 0.15) is 38.3 Å². The Morgan fingerprint density at radius 2 is 1.74 bits per heavy atom. The lowest BCUT2D eigenvalue weighted by atomic mass is 10.2. The van der Waals surface area contributed by atoms with E-state index in [1.165, 1.54) is 0 Å². The smallest absolute Gasteiger partial charge is 0.410 e. The molecule has 1 fully saturated rings. The Balaban J connectivity index is 1.40. The molecule has 0 aliphatic carbocycles. The lowest BCUT2D eigenvalue weighted by Crippen LogP contribution is -2.32. The normalized spacial score (nSPS) is 16.0. The van der Waals surface area contributed by atoms with Crippen molar-refractivity contribution in [3.05, 3.63) is 65.7 Å². The summed E-state index contributed by atoms with van der Waals surface area (Å²) < 4.78 is 10.7. The number of anilines is 1. The van der Waals surface area contributed by atoms with Crippen LogP contribution in [0.3, 0.4) is 0 Å². The number of rotatable bonds is 6. The van der Waals surface area contributed by atoms with Crippen molar-refractivity contribution < 1.29 is 19.1 Å². The van der Waals surface area contributed by atoms with Gasteiger partial charge in [0.25, 0.3) is 0 Å². The summed E-state index contributed by atoms with van der Waals surface area (Å²) >= 11 is 0. The van der Waals surface area contributed by atoms with Crippen LogP contribution in [0.5, 0.6) is 0 Å². The van der Waals surface area contributed by atoms with Crippen molar-refractivity contribution in [2.75, 3.05) is 18.4 Å². The molecule has 2 aromatic carbocycles. The van der Waals surface area contributed by atoms with Crippen LogP contribution in [0.25, 0.3) is 0 Å². The fraction of sp³-hybridized carbons (Fsp3) is 0.417. The molecule has 3 rings (SSSR count). The van der Waals surface area contributed by atoms with Crippen LogP contribution in [0.15, 0.2) is 54.6 Å². The van der Waals surface area contributed by atoms with Crippen molar-refractivity contribution in [1.29, 1.82) is 0 Å². The summed E-state index contributed by atoms with van der Waals surface area (Å²) in [6.07, 6.45) is 0.152. The number of alkyl carbamates (subject to hydrolysis) is 1. The highest BCUT2D eigenvalue weighted by molar-refractivity contribution is 5.68. The molecule has 7 heteroatoms. The number of carbonyl (C=O) groups excluding carboxylic acids is 2. The maximum Gasteiger partial charge on any atom is 0.410 e. The zero-order chi connectivity index (χ0) is 22.3. The lowest BCUT2D eigenvalue weighted by molar-refractivity contribution is 0.0523. The van der Waals surface area contributed by atoms with Crippen LogP contribution in [-0.4, -0.2) is 41.8 Å². The molecule has 1 unspecified atom stereocenters. The van der Waals surface area contributed by atoms with Gasteiger partial charge in [0.2, 0.25) is 0 Å². The van der Waals surface area contributed by atoms with Gasteiger partial charge in [-0.2, -0.15) is 0 Å². The van der Waals surface area contributed by atoms with Crippen LogP contribution < -0.4 is 10.6 Å². The molecular weight excluding hydrogens is 394 g/mol. The first kappa shape index (κ1) is 22.5. The van der Waals surface area contributed by atoms with Gasteiger partial charge >= 0.3 is 12.2 Å². The second-order valence-electron chi connectivity index (χ2n) is 8.67. The fourth-order valence-electron chi connectivity index (χ4n) is 3.30. The maximum atomic E-state index is 12.3. The van der Waals surface area contributed by atoms with Gasteiger partial charge in [-0.3, -0.25) is 0 Å². The molecule has 2 N–H and O–H groups in total. The molecule has 2 amide bonds. The van der Waals surface area contributed by atoms with Gasteiger partial charge in [0, 0.05) is 31.4 Å². The fourth-order valence-corrected chi connectivity index (χ4v) is 3.30. The molecule has 2 aromatic rings. The van der Waals surface area contributed by atoms with E-state index in [1.807, 2.05) is 75.4 Å². The minimum absolute atomic E-state index is 0.176. The topological polar surface area (TPSA) is 79.9 Å². The number of likely N-dealkylation sites (tertiary alicyclic amines) is 1. The van der Waals surface area contributed by atoms with Crippen LogP contribution in [-0.2, 0) is 22.6 Å². The molecule has 0 radical (unpaired) electrons. The Morgan fingerprint density at radius 1 is 1.03 bits per heavy atom. The molecule has 0 saturated carbocycles. The zero-order valence-corrected chi connectivity index (χ0v) is 18.4. The van der Waals surface area contributed by atoms with E-state index in [0.717, 1.165) is 23.2 Å². The minimum atomic E-state index is -0.513. The highest BCUT2D eigenvalue weighted by atomic mass is 16.6. The molecule has 0 bridgehead atoms. The van der Waals surface area contributed by atoms with Crippen molar-refractivity contribution in [3.63, 3.8) is 0 Å². The molecule has 0 aromatic heterocycles. The number of carbonyl (C=O) groups is 2. The van der Waals surface area contributed by atoms with Gasteiger partial charge in [-0.05, 0) is 50.5 Å². The summed E-state index contributed by atoms with van der Waals surface area (Å²) in [5, 5.41) is 6.21. The summed E-state index contributed by atoms with van der Waals surface area (Å²) in [5.74, 6) is 0. The van der Waals surface area contributed by atoms with Gasteiger partial charge < -0.3 is 25.0 Å². The van der Waals surface area contributed by atoms with Gasteiger partial charge in [0.15, 0.2) is 0 Å². The third-order valence-electron chi connectivity index (χ3n) is 4.81. The molecule has 1 heterocycles. The molecular formula is C24H31N3O4. The Bertz CT molecular complexity index is 863. The summed E-state index contributed by atoms with van der Waals surface area (Å²) in [4.78, 5) is 25.8. The van der Waals surface area contributed by atoms with Gasteiger partial charge in [-0.1, -0.05) is 42.5 Å². The molecule has 0 spiro atoms. The first-order valence-electron chi connectivity index (χ1n) is 10.6. The maximum absolute atomic E-state index is 12.3. The van der Waals surface area contributed by atoms with Crippen LogP contribution in [0.2, 0.25) is 0 Å². The quantitative estimate of drug-likeness (QED) is 0.711. The van der Waals surface area contributed by atoms with E-state index in [-0.39, 0.29) is 18.7 Å². The lowest BCUT2D eigenvalue weighted by Gasteiger charge is -2.20. The molecule has 31 heavy (non-hydrogen) atoms. The summed E-state index contributed by atoms with van der Waals surface area (Å²) in [6, 6.07) is 17.7. The Hall–Kier alpha value is -3.22. The van der Waals surface area contributed by atoms with E-state index in [2.05, 4.69) is 10.6 Å². The number of ether oxygens (including phenoxy) is 2. The Labute approximate surface area is 183 Å². The van der Waals surface area contributed by atoms with E-state index in [1.54, 1.807) is 4.90 Å². The first-order valence-corrected chi connectivity index (χ1v) is 10.6. The highest BCUT2D eigenvalue weighted by Gasteiger charge is 2.27. The van der Waals surface area contributed by atoms with E-state index in [0.29, 0.717) is 19.6 Å².